The van der Waals surface area contributed by atoms with E-state index < -0.39 is 5.91 Å². The van der Waals surface area contributed by atoms with Gasteiger partial charge in [0, 0.05) is 6.42 Å². The molecule has 5 nitrogen and oxygen atoms in total. The van der Waals surface area contributed by atoms with Gasteiger partial charge in [0.15, 0.2) is 5.13 Å². The second-order valence-corrected chi connectivity index (χ2v) is 5.97. The van der Waals surface area contributed by atoms with E-state index in [2.05, 4.69) is 10.3 Å². The minimum atomic E-state index is -0.571. The van der Waals surface area contributed by atoms with Crippen molar-refractivity contribution in [2.45, 2.75) is 12.8 Å². The molecule has 0 aliphatic rings. The molecule has 0 spiro atoms. The first-order valence-electron chi connectivity index (χ1n) is 5.95. The van der Waals surface area contributed by atoms with E-state index in [1.807, 2.05) is 6.07 Å². The van der Waals surface area contributed by atoms with Gasteiger partial charge in [-0.3, -0.25) is 9.59 Å². The molecule has 8 heteroatoms. The molecule has 2 amide bonds. The van der Waals surface area contributed by atoms with Crippen LogP contribution in [0.3, 0.4) is 0 Å². The van der Waals surface area contributed by atoms with Gasteiger partial charge in [-0.05, 0) is 18.1 Å². The zero-order chi connectivity index (χ0) is 15.4. The monoisotopic (exact) mass is 343 g/mol. The first kappa shape index (κ1) is 15.8. The fraction of sp³-hybridized carbons (Fsp3) is 0.154. The number of nitrogens with two attached hydrogens (primary N) is 1. The number of hydrogen-bond acceptors (Lipinski definition) is 4. The topological polar surface area (TPSA) is 85.1 Å². The van der Waals surface area contributed by atoms with Crippen molar-refractivity contribution < 1.29 is 9.59 Å². The summed E-state index contributed by atoms with van der Waals surface area (Å²) in [7, 11) is 0. The number of carbonyl (C=O) groups is 2. The molecule has 1 heterocycles. The number of nitrogens with one attached hydrogen (secondary N) is 1. The summed E-state index contributed by atoms with van der Waals surface area (Å²) in [4.78, 5) is 27.0. The number of aromatic nitrogens is 1. The van der Waals surface area contributed by atoms with Crippen molar-refractivity contribution in [3.8, 4) is 0 Å². The molecule has 1 aromatic heterocycles. The van der Waals surface area contributed by atoms with E-state index in [0.29, 0.717) is 26.5 Å². The van der Waals surface area contributed by atoms with Crippen molar-refractivity contribution in [1.82, 2.24) is 4.98 Å². The van der Waals surface area contributed by atoms with E-state index in [1.54, 1.807) is 12.1 Å². The number of hydrogen-bond donors (Lipinski definition) is 2. The summed E-state index contributed by atoms with van der Waals surface area (Å²) >= 11 is 13.0. The molecule has 2 rings (SSSR count). The molecule has 2 aromatic rings. The van der Waals surface area contributed by atoms with Crippen molar-refractivity contribution in [1.29, 1.82) is 0 Å². The van der Waals surface area contributed by atoms with Crippen LogP contribution in [-0.4, -0.2) is 16.8 Å². The number of thiazole rings is 1. The predicted molar refractivity (Wildman–Crippen MR) is 84.0 cm³/mol. The van der Waals surface area contributed by atoms with Crippen LogP contribution in [0.2, 0.25) is 10.0 Å². The highest BCUT2D eigenvalue weighted by molar-refractivity contribution is 7.17. The number of carbonyl (C=O) groups excluding carboxylic acids is 2. The first-order chi connectivity index (χ1) is 9.97. The molecule has 0 atom stereocenters. The quantitative estimate of drug-likeness (QED) is 0.874. The summed E-state index contributed by atoms with van der Waals surface area (Å²) in [5.41, 5.74) is 5.92. The smallest absolute Gasteiger partial charge is 0.260 e. The summed E-state index contributed by atoms with van der Waals surface area (Å²) in [5, 5.41) is 3.86. The Morgan fingerprint density at radius 2 is 2.10 bits per heavy atom. The third kappa shape index (κ3) is 4.17. The second kappa shape index (κ2) is 6.89. The number of halogens is 2. The maximum absolute atomic E-state index is 11.8. The van der Waals surface area contributed by atoms with E-state index in [-0.39, 0.29) is 12.3 Å². The number of rotatable bonds is 5. The Balaban J connectivity index is 1.92. The number of anilines is 1. The lowest BCUT2D eigenvalue weighted by atomic mass is 10.1. The third-order valence-electron chi connectivity index (χ3n) is 2.65. The second-order valence-electron chi connectivity index (χ2n) is 4.16. The zero-order valence-corrected chi connectivity index (χ0v) is 13.1. The van der Waals surface area contributed by atoms with Crippen molar-refractivity contribution >= 4 is 51.5 Å². The molecule has 0 aliphatic carbocycles. The van der Waals surface area contributed by atoms with E-state index in [0.717, 1.165) is 16.9 Å². The fourth-order valence-electron chi connectivity index (χ4n) is 1.62. The lowest BCUT2D eigenvalue weighted by Gasteiger charge is -2.05. The van der Waals surface area contributed by atoms with Gasteiger partial charge in [-0.1, -0.05) is 46.7 Å². The van der Waals surface area contributed by atoms with Gasteiger partial charge in [0.1, 0.15) is 4.88 Å². The van der Waals surface area contributed by atoms with Gasteiger partial charge in [-0.15, -0.1) is 0 Å². The molecular formula is C13H11Cl2N3O2S. The van der Waals surface area contributed by atoms with Gasteiger partial charge in [0.2, 0.25) is 5.91 Å². The van der Waals surface area contributed by atoms with Crippen LogP contribution in [0, 0.1) is 0 Å². The van der Waals surface area contributed by atoms with E-state index in [4.69, 9.17) is 28.9 Å². The van der Waals surface area contributed by atoms with Gasteiger partial charge in [0.05, 0.1) is 16.2 Å². The molecule has 3 N–H and O–H groups in total. The highest BCUT2D eigenvalue weighted by atomic mass is 35.5. The Kier molecular flexibility index (Phi) is 5.17. The van der Waals surface area contributed by atoms with Crippen LogP contribution >= 0.6 is 34.5 Å². The van der Waals surface area contributed by atoms with E-state index in [1.165, 1.54) is 6.20 Å². The lowest BCUT2D eigenvalue weighted by molar-refractivity contribution is -0.116. The third-order valence-corrected chi connectivity index (χ3v) is 4.43. The van der Waals surface area contributed by atoms with Crippen molar-refractivity contribution in [2.75, 3.05) is 5.32 Å². The van der Waals surface area contributed by atoms with E-state index in [9.17, 15) is 9.59 Å². The molecule has 1 aromatic carbocycles. The molecule has 0 fully saturated rings. The summed E-state index contributed by atoms with van der Waals surface area (Å²) in [5.74, 6) is -0.796. The number of amides is 2. The summed E-state index contributed by atoms with van der Waals surface area (Å²) in [6.07, 6.45) is 2.02. The molecular weight excluding hydrogens is 333 g/mol. The Labute approximate surface area is 135 Å². The van der Waals surface area contributed by atoms with Gasteiger partial charge in [-0.25, -0.2) is 4.98 Å². The largest absolute Gasteiger partial charge is 0.365 e. The van der Waals surface area contributed by atoms with Gasteiger partial charge < -0.3 is 11.1 Å². The van der Waals surface area contributed by atoms with Crippen molar-refractivity contribution in [3.63, 3.8) is 0 Å². The van der Waals surface area contributed by atoms with Crippen LogP contribution in [0.5, 0.6) is 0 Å². The summed E-state index contributed by atoms with van der Waals surface area (Å²) < 4.78 is 0. The molecule has 0 aliphatic heterocycles. The number of primary amides is 1. The lowest BCUT2D eigenvalue weighted by Crippen LogP contribution is -2.12. The highest BCUT2D eigenvalue weighted by Gasteiger charge is 2.11. The minimum Gasteiger partial charge on any atom is -0.365 e. The van der Waals surface area contributed by atoms with Crippen LogP contribution in [0.1, 0.15) is 21.7 Å². The van der Waals surface area contributed by atoms with Gasteiger partial charge >= 0.3 is 0 Å². The highest BCUT2D eigenvalue weighted by Crippen LogP contribution is 2.26. The van der Waals surface area contributed by atoms with Crippen molar-refractivity contribution in [3.05, 3.63) is 44.9 Å². The molecule has 0 unspecified atom stereocenters. The molecule has 0 radical (unpaired) electrons. The van der Waals surface area contributed by atoms with Crippen LogP contribution < -0.4 is 11.1 Å². The number of benzene rings is 1. The maximum Gasteiger partial charge on any atom is 0.260 e. The van der Waals surface area contributed by atoms with Crippen LogP contribution in [0.15, 0.2) is 24.4 Å². The first-order valence-corrected chi connectivity index (χ1v) is 7.53. The van der Waals surface area contributed by atoms with Gasteiger partial charge in [0.25, 0.3) is 5.91 Å². The zero-order valence-electron chi connectivity index (χ0n) is 10.7. The maximum atomic E-state index is 11.8. The van der Waals surface area contributed by atoms with Crippen LogP contribution in [0.4, 0.5) is 5.13 Å². The average Bonchev–Trinajstić information content (AvgIpc) is 2.89. The number of nitrogens with zero attached hydrogens (tertiary/aromatic N) is 1. The van der Waals surface area contributed by atoms with Crippen molar-refractivity contribution in [2.24, 2.45) is 5.73 Å². The molecule has 0 saturated carbocycles. The SMILES string of the molecule is NC(=O)c1cnc(NC(=O)CCc2cccc(Cl)c2Cl)s1. The summed E-state index contributed by atoms with van der Waals surface area (Å²) in [6.45, 7) is 0. The Hall–Kier alpha value is -1.63. The molecule has 21 heavy (non-hydrogen) atoms. The number of aryl methyl sites for hydroxylation is 1. The Morgan fingerprint density at radius 3 is 2.76 bits per heavy atom. The van der Waals surface area contributed by atoms with Crippen LogP contribution in [-0.2, 0) is 11.2 Å². The van der Waals surface area contributed by atoms with Crippen LogP contribution in [0.25, 0.3) is 0 Å². The Morgan fingerprint density at radius 1 is 1.33 bits per heavy atom. The molecule has 110 valence electrons. The van der Waals surface area contributed by atoms with E-state index >= 15 is 0 Å². The standard InChI is InChI=1S/C13H11Cl2N3O2S/c14-8-3-1-2-7(11(8)15)4-5-10(19)18-13-17-6-9(21-13)12(16)20/h1-3,6H,4-5H2,(H2,16,20)(H,17,18,19). The summed E-state index contributed by atoms with van der Waals surface area (Å²) in [6, 6.07) is 5.28. The normalized spacial score (nSPS) is 10.4. The predicted octanol–water partition coefficient (Wildman–Crippen LogP) is 3.12. The minimum absolute atomic E-state index is 0.226. The molecule has 0 saturated heterocycles. The Bertz CT molecular complexity index is 688. The van der Waals surface area contributed by atoms with Gasteiger partial charge in [-0.2, -0.15) is 0 Å². The molecule has 0 bridgehead atoms. The average molecular weight is 344 g/mol. The fourth-order valence-corrected chi connectivity index (χ4v) is 2.72.